The Bertz CT molecular complexity index is 625. The molecule has 0 bridgehead atoms. The molecular formula is C17H23N3O4. The van der Waals surface area contributed by atoms with Crippen molar-refractivity contribution in [3.05, 3.63) is 27.8 Å². The summed E-state index contributed by atoms with van der Waals surface area (Å²) in [6.07, 6.45) is 4.71. The van der Waals surface area contributed by atoms with E-state index in [2.05, 4.69) is 10.2 Å². The molecule has 24 heavy (non-hydrogen) atoms. The maximum atomic E-state index is 11.7. The number of ether oxygens (including phenoxy) is 2. The molecule has 0 spiro atoms. The van der Waals surface area contributed by atoms with Gasteiger partial charge in [0.1, 0.15) is 0 Å². The maximum Gasteiger partial charge on any atom is 0.278 e. The van der Waals surface area contributed by atoms with Crippen LogP contribution in [0.2, 0.25) is 0 Å². The van der Waals surface area contributed by atoms with Gasteiger partial charge in [0.05, 0.1) is 16.6 Å². The third-order valence-corrected chi connectivity index (χ3v) is 5.43. The molecule has 130 valence electrons. The third kappa shape index (κ3) is 2.82. The Labute approximate surface area is 141 Å². The number of nitrogens with one attached hydrogen (secondary N) is 1. The van der Waals surface area contributed by atoms with Crippen LogP contribution in [0.15, 0.2) is 12.1 Å². The molecule has 2 fully saturated rings. The normalized spacial score (nSPS) is 22.7. The second kappa shape index (κ2) is 6.57. The van der Waals surface area contributed by atoms with Crippen LogP contribution in [0.4, 0.5) is 5.69 Å². The molecule has 1 aromatic rings. The Morgan fingerprint density at radius 1 is 1.17 bits per heavy atom. The van der Waals surface area contributed by atoms with Crippen molar-refractivity contribution in [2.45, 2.75) is 31.7 Å². The Hall–Kier alpha value is -1.86. The lowest BCUT2D eigenvalue weighted by molar-refractivity contribution is -0.386. The summed E-state index contributed by atoms with van der Waals surface area (Å²) in [5, 5.41) is 15.1. The molecule has 1 atom stereocenters. The van der Waals surface area contributed by atoms with Gasteiger partial charge in [-0.2, -0.15) is 0 Å². The summed E-state index contributed by atoms with van der Waals surface area (Å²) >= 11 is 0. The summed E-state index contributed by atoms with van der Waals surface area (Å²) < 4.78 is 10.8. The highest BCUT2D eigenvalue weighted by molar-refractivity contribution is 5.56. The fourth-order valence-corrected chi connectivity index (χ4v) is 4.32. The van der Waals surface area contributed by atoms with E-state index in [9.17, 15) is 10.1 Å². The van der Waals surface area contributed by atoms with Crippen molar-refractivity contribution in [1.29, 1.82) is 0 Å². The van der Waals surface area contributed by atoms with E-state index in [1.54, 1.807) is 6.07 Å². The summed E-state index contributed by atoms with van der Waals surface area (Å²) in [6.45, 7) is 3.85. The number of benzene rings is 1. The van der Waals surface area contributed by atoms with Crippen LogP contribution in [-0.4, -0.2) is 42.8 Å². The van der Waals surface area contributed by atoms with Crippen LogP contribution >= 0.6 is 0 Å². The Morgan fingerprint density at radius 2 is 1.83 bits per heavy atom. The molecule has 0 radical (unpaired) electrons. The zero-order valence-electron chi connectivity index (χ0n) is 13.7. The van der Waals surface area contributed by atoms with Crippen LogP contribution in [0.25, 0.3) is 0 Å². The Kier molecular flexibility index (Phi) is 4.28. The molecule has 1 aliphatic carbocycles. The molecule has 0 unspecified atom stereocenters. The summed E-state index contributed by atoms with van der Waals surface area (Å²) in [5.41, 5.74) is 0.952. The lowest BCUT2D eigenvalue weighted by atomic mass is 9.88. The molecule has 2 heterocycles. The molecule has 7 nitrogen and oxygen atoms in total. The first-order chi connectivity index (χ1) is 11.7. The van der Waals surface area contributed by atoms with Gasteiger partial charge in [-0.3, -0.25) is 15.0 Å². The molecule has 0 amide bonds. The van der Waals surface area contributed by atoms with Crippen LogP contribution in [-0.2, 0) is 0 Å². The monoisotopic (exact) mass is 333 g/mol. The fourth-order valence-electron chi connectivity index (χ4n) is 4.32. The van der Waals surface area contributed by atoms with Crippen molar-refractivity contribution in [3.8, 4) is 11.5 Å². The first-order valence-electron chi connectivity index (χ1n) is 8.77. The van der Waals surface area contributed by atoms with E-state index >= 15 is 0 Å². The summed E-state index contributed by atoms with van der Waals surface area (Å²) in [5.74, 6) is 1.59. The molecule has 1 saturated heterocycles. The molecule has 0 aromatic heterocycles. The highest BCUT2D eigenvalue weighted by Gasteiger charge is 2.37. The minimum atomic E-state index is -0.276. The molecule has 4 rings (SSSR count). The third-order valence-electron chi connectivity index (χ3n) is 5.43. The van der Waals surface area contributed by atoms with Gasteiger partial charge in [-0.25, -0.2) is 0 Å². The minimum absolute atomic E-state index is 0.0875. The van der Waals surface area contributed by atoms with Gasteiger partial charge in [0.25, 0.3) is 5.69 Å². The smallest absolute Gasteiger partial charge is 0.278 e. The highest BCUT2D eigenvalue weighted by atomic mass is 16.7. The van der Waals surface area contributed by atoms with Gasteiger partial charge in [0, 0.05) is 32.2 Å². The molecule has 1 aromatic carbocycles. The fraction of sp³-hybridized carbons (Fsp3) is 0.647. The van der Waals surface area contributed by atoms with Crippen molar-refractivity contribution in [3.63, 3.8) is 0 Å². The van der Waals surface area contributed by atoms with Crippen molar-refractivity contribution in [2.75, 3.05) is 33.0 Å². The van der Waals surface area contributed by atoms with Crippen molar-refractivity contribution >= 4 is 5.69 Å². The zero-order valence-corrected chi connectivity index (χ0v) is 13.7. The van der Waals surface area contributed by atoms with Gasteiger partial charge < -0.3 is 14.8 Å². The predicted octanol–water partition coefficient (Wildman–Crippen LogP) is 2.46. The Balaban J connectivity index is 1.77. The summed E-state index contributed by atoms with van der Waals surface area (Å²) in [7, 11) is 0. The second-order valence-corrected chi connectivity index (χ2v) is 6.80. The first-order valence-corrected chi connectivity index (χ1v) is 8.77. The van der Waals surface area contributed by atoms with Gasteiger partial charge >= 0.3 is 0 Å². The number of nitro benzene ring substituents is 1. The lowest BCUT2D eigenvalue weighted by Gasteiger charge is -2.38. The topological polar surface area (TPSA) is 76.9 Å². The van der Waals surface area contributed by atoms with Gasteiger partial charge in [0.2, 0.25) is 6.79 Å². The SMILES string of the molecule is O=[N+]([O-])c1cc2c(cc1[C@@H](C1CCCC1)N1CCNCC1)OCO2. The standard InChI is InChI=1S/C17H23N3O4/c21-20(22)14-10-16-15(23-11-24-16)9-13(14)17(12-3-1-2-4-12)19-7-5-18-6-8-19/h9-10,12,17-18H,1-8,11H2/t17-/m1/s1. The van der Waals surface area contributed by atoms with Gasteiger partial charge in [-0.1, -0.05) is 12.8 Å². The number of piperazine rings is 1. The number of rotatable bonds is 4. The van der Waals surface area contributed by atoms with Gasteiger partial charge in [-0.05, 0) is 24.8 Å². The van der Waals surface area contributed by atoms with Crippen molar-refractivity contribution < 1.29 is 14.4 Å². The van der Waals surface area contributed by atoms with E-state index in [1.807, 2.05) is 6.07 Å². The summed E-state index contributed by atoms with van der Waals surface area (Å²) in [4.78, 5) is 13.8. The van der Waals surface area contributed by atoms with Gasteiger partial charge in [0.15, 0.2) is 11.5 Å². The molecule has 3 aliphatic rings. The zero-order chi connectivity index (χ0) is 16.5. The van der Waals surface area contributed by atoms with Crippen LogP contribution in [0.5, 0.6) is 11.5 Å². The average molecular weight is 333 g/mol. The predicted molar refractivity (Wildman–Crippen MR) is 88.4 cm³/mol. The van der Waals surface area contributed by atoms with Crippen LogP contribution in [0, 0.1) is 16.0 Å². The van der Waals surface area contributed by atoms with Crippen molar-refractivity contribution in [2.24, 2.45) is 5.92 Å². The Morgan fingerprint density at radius 3 is 2.50 bits per heavy atom. The second-order valence-electron chi connectivity index (χ2n) is 6.80. The molecule has 2 aliphatic heterocycles. The first kappa shape index (κ1) is 15.7. The average Bonchev–Trinajstić information content (AvgIpc) is 3.26. The van der Waals surface area contributed by atoms with Crippen LogP contribution in [0.3, 0.4) is 0 Å². The largest absolute Gasteiger partial charge is 0.454 e. The van der Waals surface area contributed by atoms with E-state index < -0.39 is 0 Å². The number of nitrogens with zero attached hydrogens (tertiary/aromatic N) is 2. The highest BCUT2D eigenvalue weighted by Crippen LogP contribution is 2.47. The molecule has 1 saturated carbocycles. The maximum absolute atomic E-state index is 11.7. The van der Waals surface area contributed by atoms with Gasteiger partial charge in [-0.15, -0.1) is 0 Å². The summed E-state index contributed by atoms with van der Waals surface area (Å²) in [6, 6.07) is 3.48. The molecule has 7 heteroatoms. The van der Waals surface area contributed by atoms with E-state index in [0.29, 0.717) is 17.4 Å². The quantitative estimate of drug-likeness (QED) is 0.674. The number of hydrogen-bond acceptors (Lipinski definition) is 6. The lowest BCUT2D eigenvalue weighted by Crippen LogP contribution is -2.46. The number of hydrogen-bond donors (Lipinski definition) is 1. The van der Waals surface area contributed by atoms with E-state index in [0.717, 1.165) is 44.6 Å². The van der Waals surface area contributed by atoms with Crippen LogP contribution < -0.4 is 14.8 Å². The van der Waals surface area contributed by atoms with E-state index in [1.165, 1.54) is 12.8 Å². The number of fused-ring (bicyclic) bond motifs is 1. The van der Waals surface area contributed by atoms with E-state index in [-0.39, 0.29) is 23.4 Å². The molecule has 1 N–H and O–H groups in total. The molecular weight excluding hydrogens is 310 g/mol. The number of nitro groups is 1. The minimum Gasteiger partial charge on any atom is -0.454 e. The van der Waals surface area contributed by atoms with E-state index in [4.69, 9.17) is 9.47 Å². The van der Waals surface area contributed by atoms with Crippen LogP contribution in [0.1, 0.15) is 37.3 Å². The van der Waals surface area contributed by atoms with Crippen molar-refractivity contribution in [1.82, 2.24) is 10.2 Å².